The average molecular weight is 351 g/mol. The highest BCUT2D eigenvalue weighted by atomic mass is 16.6. The monoisotopic (exact) mass is 351 g/mol. The summed E-state index contributed by atoms with van der Waals surface area (Å²) in [5.74, 6) is -0.427. The van der Waals surface area contributed by atoms with Crippen LogP contribution in [0.4, 0.5) is 9.59 Å². The molecule has 0 aliphatic heterocycles. The van der Waals surface area contributed by atoms with E-state index in [0.717, 1.165) is 5.56 Å². The van der Waals surface area contributed by atoms with Gasteiger partial charge in [0, 0.05) is 13.5 Å². The van der Waals surface area contributed by atoms with Crippen LogP contribution >= 0.6 is 0 Å². The van der Waals surface area contributed by atoms with Gasteiger partial charge in [-0.1, -0.05) is 30.3 Å². The third-order valence-electron chi connectivity index (χ3n) is 3.12. The molecule has 0 aromatic heterocycles. The minimum atomic E-state index is -1.24. The van der Waals surface area contributed by atoms with Crippen molar-refractivity contribution < 1.29 is 24.2 Å². The molecule has 0 spiro atoms. The SMILES string of the molecule is CN(CNC(=O)O)C(=O)C(Cc1ccccc1)NC(=O)OC(C)(C)C. The Balaban J connectivity index is 2.84. The molecule has 1 aromatic carbocycles. The summed E-state index contributed by atoms with van der Waals surface area (Å²) >= 11 is 0. The van der Waals surface area contributed by atoms with E-state index in [1.165, 1.54) is 11.9 Å². The molecule has 1 unspecified atom stereocenters. The highest BCUT2D eigenvalue weighted by Crippen LogP contribution is 2.09. The molecular formula is C17H25N3O5. The number of carboxylic acid groups (broad SMARTS) is 1. The van der Waals surface area contributed by atoms with Crippen molar-refractivity contribution in [2.24, 2.45) is 0 Å². The molecule has 0 saturated heterocycles. The molecule has 0 aliphatic carbocycles. The molecule has 1 atom stereocenters. The molecule has 3 amide bonds. The van der Waals surface area contributed by atoms with Gasteiger partial charge in [0.05, 0.1) is 6.67 Å². The number of nitrogens with one attached hydrogen (secondary N) is 2. The van der Waals surface area contributed by atoms with Gasteiger partial charge in [-0.25, -0.2) is 9.59 Å². The van der Waals surface area contributed by atoms with Crippen molar-refractivity contribution in [2.45, 2.75) is 38.8 Å². The van der Waals surface area contributed by atoms with Crippen LogP contribution in [0.1, 0.15) is 26.3 Å². The summed E-state index contributed by atoms with van der Waals surface area (Å²) in [7, 11) is 1.45. The number of carbonyl (C=O) groups excluding carboxylic acids is 2. The van der Waals surface area contributed by atoms with Crippen LogP contribution < -0.4 is 10.6 Å². The number of rotatable bonds is 6. The lowest BCUT2D eigenvalue weighted by atomic mass is 10.1. The number of hydrogen-bond donors (Lipinski definition) is 3. The zero-order valence-corrected chi connectivity index (χ0v) is 14.9. The van der Waals surface area contributed by atoms with Gasteiger partial charge in [-0.05, 0) is 26.3 Å². The van der Waals surface area contributed by atoms with Crippen LogP contribution in [0.15, 0.2) is 30.3 Å². The number of nitrogens with zero attached hydrogens (tertiary/aromatic N) is 1. The van der Waals surface area contributed by atoms with Crippen LogP contribution in [-0.4, -0.2) is 53.5 Å². The van der Waals surface area contributed by atoms with Crippen molar-refractivity contribution >= 4 is 18.1 Å². The van der Waals surface area contributed by atoms with Gasteiger partial charge in [0.1, 0.15) is 11.6 Å². The van der Waals surface area contributed by atoms with Crippen molar-refractivity contribution in [2.75, 3.05) is 13.7 Å². The standard InChI is InChI=1S/C17H25N3O5/c1-17(2,3)25-16(24)19-13(10-12-8-6-5-7-9-12)14(21)20(4)11-18-15(22)23/h5-9,13,18H,10-11H2,1-4H3,(H,19,24)(H,22,23). The van der Waals surface area contributed by atoms with E-state index in [-0.39, 0.29) is 13.1 Å². The molecule has 0 radical (unpaired) electrons. The molecule has 0 saturated carbocycles. The number of ether oxygens (including phenoxy) is 1. The summed E-state index contributed by atoms with van der Waals surface area (Å²) in [5.41, 5.74) is 0.165. The second-order valence-corrected chi connectivity index (χ2v) is 6.56. The van der Waals surface area contributed by atoms with Gasteiger partial charge in [-0.3, -0.25) is 4.79 Å². The third kappa shape index (κ3) is 8.05. The van der Waals surface area contributed by atoms with Gasteiger partial charge < -0.3 is 25.4 Å². The maximum Gasteiger partial charge on any atom is 0.408 e. The maximum atomic E-state index is 12.6. The first-order chi connectivity index (χ1) is 11.6. The fourth-order valence-electron chi connectivity index (χ4n) is 2.03. The lowest BCUT2D eigenvalue weighted by Gasteiger charge is -2.26. The van der Waals surface area contributed by atoms with Gasteiger partial charge in [0.15, 0.2) is 0 Å². The Morgan fingerprint density at radius 1 is 1.20 bits per heavy atom. The largest absolute Gasteiger partial charge is 0.465 e. The van der Waals surface area contributed by atoms with Gasteiger partial charge in [0.2, 0.25) is 5.91 Å². The van der Waals surface area contributed by atoms with Crippen molar-refractivity contribution in [3.8, 4) is 0 Å². The molecule has 138 valence electrons. The molecule has 0 heterocycles. The highest BCUT2D eigenvalue weighted by molar-refractivity contribution is 5.86. The molecule has 8 nitrogen and oxygen atoms in total. The molecular weight excluding hydrogens is 326 g/mol. The maximum absolute atomic E-state index is 12.6. The lowest BCUT2D eigenvalue weighted by Crippen LogP contribution is -2.51. The third-order valence-corrected chi connectivity index (χ3v) is 3.12. The van der Waals surface area contributed by atoms with E-state index in [1.54, 1.807) is 20.8 Å². The number of alkyl carbamates (subject to hydrolysis) is 1. The zero-order valence-electron chi connectivity index (χ0n) is 14.9. The fourth-order valence-corrected chi connectivity index (χ4v) is 2.03. The molecule has 1 aromatic rings. The van der Waals surface area contributed by atoms with Crippen LogP contribution in [0.3, 0.4) is 0 Å². The Morgan fingerprint density at radius 2 is 1.80 bits per heavy atom. The first kappa shape index (κ1) is 20.3. The van der Waals surface area contributed by atoms with Crippen LogP contribution in [-0.2, 0) is 16.0 Å². The highest BCUT2D eigenvalue weighted by Gasteiger charge is 2.27. The smallest absolute Gasteiger partial charge is 0.408 e. The molecule has 0 aliphatic rings. The van der Waals surface area contributed by atoms with Crippen LogP contribution in [0.5, 0.6) is 0 Å². The molecule has 25 heavy (non-hydrogen) atoms. The van der Waals surface area contributed by atoms with Crippen molar-refractivity contribution in [3.63, 3.8) is 0 Å². The predicted octanol–water partition coefficient (Wildman–Crippen LogP) is 1.81. The van der Waals surface area contributed by atoms with E-state index in [1.807, 2.05) is 30.3 Å². The molecule has 1 rings (SSSR count). The lowest BCUT2D eigenvalue weighted by molar-refractivity contribution is -0.132. The minimum absolute atomic E-state index is 0.185. The first-order valence-electron chi connectivity index (χ1n) is 7.83. The number of amides is 3. The summed E-state index contributed by atoms with van der Waals surface area (Å²) in [5, 5.41) is 13.3. The van der Waals surface area contributed by atoms with E-state index in [9.17, 15) is 14.4 Å². The van der Waals surface area contributed by atoms with Crippen LogP contribution in [0.2, 0.25) is 0 Å². The van der Waals surface area contributed by atoms with E-state index in [2.05, 4.69) is 10.6 Å². The second kappa shape index (κ2) is 8.91. The summed E-state index contributed by atoms with van der Waals surface area (Å²) in [4.78, 5) is 36.4. The average Bonchev–Trinajstić information content (AvgIpc) is 2.50. The minimum Gasteiger partial charge on any atom is -0.465 e. The normalized spacial score (nSPS) is 12.0. The summed E-state index contributed by atoms with van der Waals surface area (Å²) in [6.07, 6.45) is -1.68. The molecule has 8 heteroatoms. The quantitative estimate of drug-likeness (QED) is 0.678. The Hall–Kier alpha value is -2.77. The van der Waals surface area contributed by atoms with Crippen molar-refractivity contribution in [1.82, 2.24) is 15.5 Å². The molecule has 3 N–H and O–H groups in total. The number of carbonyl (C=O) groups is 3. The summed E-state index contributed by atoms with van der Waals surface area (Å²) < 4.78 is 5.20. The predicted molar refractivity (Wildman–Crippen MR) is 92.1 cm³/mol. The molecule has 0 fully saturated rings. The van der Waals surface area contributed by atoms with Crippen LogP contribution in [0.25, 0.3) is 0 Å². The van der Waals surface area contributed by atoms with Crippen LogP contribution in [0, 0.1) is 0 Å². The number of benzene rings is 1. The van der Waals surface area contributed by atoms with E-state index < -0.39 is 29.7 Å². The van der Waals surface area contributed by atoms with E-state index in [0.29, 0.717) is 0 Å². The fraction of sp³-hybridized carbons (Fsp3) is 0.471. The number of hydrogen-bond acceptors (Lipinski definition) is 4. The molecule has 0 bridgehead atoms. The second-order valence-electron chi connectivity index (χ2n) is 6.56. The Bertz CT molecular complexity index is 598. The van der Waals surface area contributed by atoms with Gasteiger partial charge in [-0.15, -0.1) is 0 Å². The topological polar surface area (TPSA) is 108 Å². The first-order valence-corrected chi connectivity index (χ1v) is 7.83. The van der Waals surface area contributed by atoms with Crippen molar-refractivity contribution in [1.29, 1.82) is 0 Å². The summed E-state index contributed by atoms with van der Waals surface area (Å²) in [6.45, 7) is 4.99. The van der Waals surface area contributed by atoms with E-state index >= 15 is 0 Å². The van der Waals surface area contributed by atoms with Gasteiger partial charge in [-0.2, -0.15) is 0 Å². The van der Waals surface area contributed by atoms with Crippen molar-refractivity contribution in [3.05, 3.63) is 35.9 Å². The Labute approximate surface area is 147 Å². The Kier molecular flexibility index (Phi) is 7.22. The Morgan fingerprint density at radius 3 is 2.32 bits per heavy atom. The van der Waals surface area contributed by atoms with E-state index in [4.69, 9.17) is 9.84 Å². The van der Waals surface area contributed by atoms with Gasteiger partial charge >= 0.3 is 12.2 Å². The number of likely N-dealkylation sites (N-methyl/N-ethyl adjacent to an activating group) is 1. The zero-order chi connectivity index (χ0) is 19.0. The van der Waals surface area contributed by atoms with Gasteiger partial charge in [0.25, 0.3) is 0 Å². The summed E-state index contributed by atoms with van der Waals surface area (Å²) in [6, 6.07) is 8.32.